The second kappa shape index (κ2) is 4.10. The van der Waals surface area contributed by atoms with Crippen molar-refractivity contribution in [2.75, 3.05) is 0 Å². The zero-order chi connectivity index (χ0) is 15.1. The number of amides is 2. The van der Waals surface area contributed by atoms with Crippen molar-refractivity contribution in [2.45, 2.75) is 19.4 Å². The number of imide groups is 1. The lowest BCUT2D eigenvalue weighted by atomic mass is 9.85. The van der Waals surface area contributed by atoms with Crippen LogP contribution in [-0.2, 0) is 16.1 Å². The molecule has 1 aromatic carbocycles. The monoisotopic (exact) mass is 357 g/mol. The summed E-state index contributed by atoms with van der Waals surface area (Å²) >= 11 is 3.41. The van der Waals surface area contributed by atoms with Gasteiger partial charge in [0.2, 0.25) is 11.8 Å². The predicted octanol–water partition coefficient (Wildman–Crippen LogP) is 3.15. The second-order valence-corrected chi connectivity index (χ2v) is 8.03. The van der Waals surface area contributed by atoms with E-state index in [4.69, 9.17) is 0 Å². The normalized spacial score (nSPS) is 36.5. The van der Waals surface area contributed by atoms with Crippen LogP contribution >= 0.6 is 15.9 Å². The molecular weight excluding hydrogens is 342 g/mol. The van der Waals surface area contributed by atoms with Crippen LogP contribution in [0, 0.1) is 29.1 Å². The van der Waals surface area contributed by atoms with Crippen LogP contribution in [0.5, 0.6) is 0 Å². The molecule has 112 valence electrons. The Morgan fingerprint density at radius 3 is 2.05 bits per heavy atom. The van der Waals surface area contributed by atoms with Crippen LogP contribution in [0.1, 0.15) is 18.4 Å². The van der Waals surface area contributed by atoms with Crippen molar-refractivity contribution in [3.8, 4) is 0 Å². The minimum absolute atomic E-state index is 0.0565. The van der Waals surface area contributed by atoms with Gasteiger partial charge < -0.3 is 0 Å². The summed E-state index contributed by atoms with van der Waals surface area (Å²) in [7, 11) is 0. The molecule has 2 saturated carbocycles. The summed E-state index contributed by atoms with van der Waals surface area (Å²) in [6.07, 6.45) is 6.81. The van der Waals surface area contributed by atoms with Gasteiger partial charge in [-0.25, -0.2) is 0 Å². The molecule has 0 radical (unpaired) electrons. The van der Waals surface area contributed by atoms with E-state index in [1.165, 1.54) is 17.7 Å². The molecule has 4 heteroatoms. The lowest BCUT2D eigenvalue weighted by Crippen LogP contribution is -2.34. The van der Waals surface area contributed by atoms with Crippen LogP contribution in [0.4, 0.5) is 0 Å². The van der Waals surface area contributed by atoms with Crippen LogP contribution in [0.15, 0.2) is 40.9 Å². The van der Waals surface area contributed by atoms with E-state index in [0.717, 1.165) is 10.0 Å². The van der Waals surface area contributed by atoms with Gasteiger partial charge in [0.25, 0.3) is 0 Å². The van der Waals surface area contributed by atoms with Crippen LogP contribution in [0.3, 0.4) is 0 Å². The largest absolute Gasteiger partial charge is 0.278 e. The topological polar surface area (TPSA) is 37.4 Å². The second-order valence-electron chi connectivity index (χ2n) is 7.11. The summed E-state index contributed by atoms with van der Waals surface area (Å²) in [5.74, 6) is 0.575. The van der Waals surface area contributed by atoms with E-state index in [-0.39, 0.29) is 29.1 Å². The van der Waals surface area contributed by atoms with Crippen LogP contribution in [0.2, 0.25) is 0 Å². The highest BCUT2D eigenvalue weighted by Crippen LogP contribution is 2.73. The lowest BCUT2D eigenvalue weighted by molar-refractivity contribution is -0.141. The third-order valence-corrected chi connectivity index (χ3v) is 6.73. The highest BCUT2D eigenvalue weighted by Gasteiger charge is 2.73. The highest BCUT2D eigenvalue weighted by atomic mass is 79.9. The fraction of sp³-hybridized carbons (Fsp3) is 0.444. The molecular formula is C18H16BrNO2. The Kier molecular flexibility index (Phi) is 2.44. The minimum Gasteiger partial charge on any atom is -0.278 e. The molecule has 1 aliphatic heterocycles. The average Bonchev–Trinajstić information content (AvgIpc) is 3.12. The molecule has 2 bridgehead atoms. The molecule has 0 aromatic heterocycles. The summed E-state index contributed by atoms with van der Waals surface area (Å²) in [5, 5.41) is 0. The van der Waals surface area contributed by atoms with Crippen molar-refractivity contribution in [2.24, 2.45) is 29.1 Å². The Bertz CT molecular complexity index is 685. The molecule has 4 atom stereocenters. The van der Waals surface area contributed by atoms with Crippen molar-refractivity contribution in [1.82, 2.24) is 4.90 Å². The van der Waals surface area contributed by atoms with Gasteiger partial charge in [-0.2, -0.15) is 0 Å². The molecule has 0 N–H and O–H groups in total. The Hall–Kier alpha value is -1.42. The minimum atomic E-state index is -0.0829. The molecule has 0 unspecified atom stereocenters. The first-order valence-electron chi connectivity index (χ1n) is 7.90. The van der Waals surface area contributed by atoms with E-state index >= 15 is 0 Å². The Balaban J connectivity index is 1.45. The quantitative estimate of drug-likeness (QED) is 0.602. The molecule has 1 saturated heterocycles. The summed E-state index contributed by atoms with van der Waals surface area (Å²) in [6.45, 7) is 0.407. The maximum absolute atomic E-state index is 12.8. The van der Waals surface area contributed by atoms with Crippen molar-refractivity contribution in [1.29, 1.82) is 0 Å². The summed E-state index contributed by atoms with van der Waals surface area (Å²) < 4.78 is 1.00. The molecule has 1 heterocycles. The molecule has 3 nitrogen and oxygen atoms in total. The zero-order valence-corrected chi connectivity index (χ0v) is 13.6. The van der Waals surface area contributed by atoms with Crippen LogP contribution in [0.25, 0.3) is 0 Å². The molecule has 3 fully saturated rings. The third-order valence-electron chi connectivity index (χ3n) is 6.20. The first kappa shape index (κ1) is 13.1. The molecule has 2 amide bonds. The van der Waals surface area contributed by atoms with Crippen molar-refractivity contribution >= 4 is 27.7 Å². The number of carbonyl (C=O) groups is 2. The maximum Gasteiger partial charge on any atom is 0.234 e. The lowest BCUT2D eigenvalue weighted by Gasteiger charge is -2.21. The number of halogens is 1. The standard InChI is InChI=1S/C18H16BrNO2/c19-11-3-1-10(2-4-11)9-20-16(21)14-12-5-6-13(15(14)17(20)22)18(12)7-8-18/h1-6,12-15H,7-9H2/t12-,13-,14-,15-/m1/s1. The summed E-state index contributed by atoms with van der Waals surface area (Å²) in [5.41, 5.74) is 1.29. The molecule has 3 aliphatic carbocycles. The van der Waals surface area contributed by atoms with Crippen molar-refractivity contribution < 1.29 is 9.59 Å². The Labute approximate surface area is 137 Å². The fourth-order valence-electron chi connectivity index (χ4n) is 5.07. The molecule has 1 aromatic rings. The van der Waals surface area contributed by atoms with Gasteiger partial charge in [-0.15, -0.1) is 0 Å². The van der Waals surface area contributed by atoms with Gasteiger partial charge in [-0.3, -0.25) is 14.5 Å². The molecule has 1 spiro atoms. The zero-order valence-electron chi connectivity index (χ0n) is 12.0. The number of nitrogens with zero attached hydrogens (tertiary/aromatic N) is 1. The number of allylic oxidation sites excluding steroid dienone is 2. The van der Waals surface area contributed by atoms with Gasteiger partial charge in [0.1, 0.15) is 0 Å². The van der Waals surface area contributed by atoms with Crippen LogP contribution in [-0.4, -0.2) is 16.7 Å². The Morgan fingerprint density at radius 2 is 1.55 bits per heavy atom. The number of hydrogen-bond acceptors (Lipinski definition) is 2. The van der Waals surface area contributed by atoms with Gasteiger partial charge in [0, 0.05) is 4.47 Å². The van der Waals surface area contributed by atoms with E-state index in [9.17, 15) is 9.59 Å². The summed E-state index contributed by atoms with van der Waals surface area (Å²) in [6, 6.07) is 7.83. The van der Waals surface area contributed by atoms with Crippen molar-refractivity contribution in [3.63, 3.8) is 0 Å². The SMILES string of the molecule is O=C1[C@H]2[C@H](C(=O)N1Cc1ccc(Br)cc1)[C@H]1C=C[C@H]2C12CC2. The van der Waals surface area contributed by atoms with Gasteiger partial charge >= 0.3 is 0 Å². The predicted molar refractivity (Wildman–Crippen MR) is 84.5 cm³/mol. The van der Waals surface area contributed by atoms with E-state index in [1.54, 1.807) is 0 Å². The Morgan fingerprint density at radius 1 is 1.00 bits per heavy atom. The van der Waals surface area contributed by atoms with Gasteiger partial charge in [-0.05, 0) is 47.8 Å². The van der Waals surface area contributed by atoms with E-state index < -0.39 is 0 Å². The van der Waals surface area contributed by atoms with E-state index in [2.05, 4.69) is 28.1 Å². The molecule has 4 aliphatic rings. The number of fused-ring (bicyclic) bond motifs is 3. The van der Waals surface area contributed by atoms with Crippen LogP contribution < -0.4 is 0 Å². The van der Waals surface area contributed by atoms with Gasteiger partial charge in [-0.1, -0.05) is 40.2 Å². The smallest absolute Gasteiger partial charge is 0.234 e. The number of benzene rings is 1. The molecule has 5 rings (SSSR count). The molecule has 22 heavy (non-hydrogen) atoms. The van der Waals surface area contributed by atoms with E-state index in [1.807, 2.05) is 24.3 Å². The highest BCUT2D eigenvalue weighted by molar-refractivity contribution is 9.10. The number of rotatable bonds is 2. The first-order valence-corrected chi connectivity index (χ1v) is 8.69. The fourth-order valence-corrected chi connectivity index (χ4v) is 5.33. The maximum atomic E-state index is 12.8. The number of hydrogen-bond donors (Lipinski definition) is 0. The van der Waals surface area contributed by atoms with Gasteiger partial charge in [0.15, 0.2) is 0 Å². The summed E-state index contributed by atoms with van der Waals surface area (Å²) in [4.78, 5) is 27.2. The van der Waals surface area contributed by atoms with E-state index in [0.29, 0.717) is 18.4 Å². The number of likely N-dealkylation sites (tertiary alicyclic amines) is 1. The number of carbonyl (C=O) groups excluding carboxylic acids is 2. The van der Waals surface area contributed by atoms with Gasteiger partial charge in [0.05, 0.1) is 18.4 Å². The first-order chi connectivity index (χ1) is 10.6. The average molecular weight is 358 g/mol. The third kappa shape index (κ3) is 1.47. The van der Waals surface area contributed by atoms with Crippen molar-refractivity contribution in [3.05, 3.63) is 46.5 Å².